The van der Waals surface area contributed by atoms with E-state index >= 15 is 0 Å². The summed E-state index contributed by atoms with van der Waals surface area (Å²) in [6.45, 7) is 1.98. The van der Waals surface area contributed by atoms with Crippen LogP contribution in [0.2, 0.25) is 0 Å². The Morgan fingerprint density at radius 3 is 2.47 bits per heavy atom. The summed E-state index contributed by atoms with van der Waals surface area (Å²) in [6.07, 6.45) is 0. The summed E-state index contributed by atoms with van der Waals surface area (Å²) in [5, 5.41) is 2.64. The van der Waals surface area contributed by atoms with Crippen LogP contribution in [-0.2, 0) is 9.53 Å². The Labute approximate surface area is 144 Å². The van der Waals surface area contributed by atoms with E-state index in [0.717, 1.165) is 0 Å². The van der Waals surface area contributed by atoms with Crippen molar-refractivity contribution in [2.75, 3.05) is 11.9 Å². The standard InChI is InChI=1S/C11H9Br4NO3/c1-2-19-11(18)6-3-5(12)4-7(13)8(6)16-10(17)9(14)15/h3-4,9H,2H2,1H3,(H,16,17). The predicted octanol–water partition coefficient (Wildman–Crippen LogP) is 4.44. The zero-order chi connectivity index (χ0) is 14.6. The summed E-state index contributed by atoms with van der Waals surface area (Å²) in [6, 6.07) is 3.33. The molecule has 0 spiro atoms. The van der Waals surface area contributed by atoms with E-state index < -0.39 is 9.71 Å². The van der Waals surface area contributed by atoms with Gasteiger partial charge in [-0.05, 0) is 35.0 Å². The normalized spacial score (nSPS) is 10.4. The Bertz CT molecular complexity index is 505. The fourth-order valence-corrected chi connectivity index (χ4v) is 2.80. The lowest BCUT2D eigenvalue weighted by atomic mass is 10.2. The molecule has 0 aromatic heterocycles. The Balaban J connectivity index is 3.20. The number of benzene rings is 1. The number of carbonyl (C=O) groups excluding carboxylic acids is 2. The van der Waals surface area contributed by atoms with Crippen LogP contribution in [0.15, 0.2) is 21.1 Å². The second-order valence-electron chi connectivity index (χ2n) is 3.32. The van der Waals surface area contributed by atoms with Crippen molar-refractivity contribution in [1.29, 1.82) is 0 Å². The fraction of sp³-hybridized carbons (Fsp3) is 0.273. The minimum Gasteiger partial charge on any atom is -0.462 e. The minimum atomic E-state index is -0.550. The lowest BCUT2D eigenvalue weighted by Gasteiger charge is -2.13. The fourth-order valence-electron chi connectivity index (χ4n) is 1.25. The van der Waals surface area contributed by atoms with Gasteiger partial charge in [-0.2, -0.15) is 0 Å². The number of anilines is 1. The molecule has 0 unspecified atom stereocenters. The number of rotatable bonds is 4. The van der Waals surface area contributed by atoms with Gasteiger partial charge in [-0.3, -0.25) is 4.79 Å². The van der Waals surface area contributed by atoms with Gasteiger partial charge in [0.25, 0.3) is 0 Å². The zero-order valence-electron chi connectivity index (χ0n) is 9.68. The number of hydrogen-bond acceptors (Lipinski definition) is 3. The second kappa shape index (κ2) is 7.75. The molecule has 1 aromatic rings. The third-order valence-corrected chi connectivity index (χ3v) is 3.91. The molecule has 0 saturated carbocycles. The number of amides is 1. The molecule has 1 amide bonds. The maximum Gasteiger partial charge on any atom is 0.340 e. The van der Waals surface area contributed by atoms with E-state index in [-0.39, 0.29) is 18.1 Å². The second-order valence-corrected chi connectivity index (χ2v) is 8.15. The number of esters is 1. The molecule has 8 heteroatoms. The van der Waals surface area contributed by atoms with E-state index in [1.165, 1.54) is 0 Å². The molecule has 1 N–H and O–H groups in total. The maximum atomic E-state index is 11.9. The molecule has 0 saturated heterocycles. The SMILES string of the molecule is CCOC(=O)c1cc(Br)cc(Br)c1NC(=O)C(Br)Br. The van der Waals surface area contributed by atoms with Gasteiger partial charge in [0.15, 0.2) is 0 Å². The molecule has 1 aromatic carbocycles. The van der Waals surface area contributed by atoms with Gasteiger partial charge in [-0.15, -0.1) is 0 Å². The van der Waals surface area contributed by atoms with Crippen molar-refractivity contribution >= 4 is 81.3 Å². The molecule has 0 bridgehead atoms. The molecule has 104 valence electrons. The molecular weight excluding hydrogens is 514 g/mol. The quantitative estimate of drug-likeness (QED) is 0.470. The monoisotopic (exact) mass is 519 g/mol. The highest BCUT2D eigenvalue weighted by Crippen LogP contribution is 2.32. The van der Waals surface area contributed by atoms with Crippen molar-refractivity contribution in [3.8, 4) is 0 Å². The summed E-state index contributed by atoms with van der Waals surface area (Å²) in [4.78, 5) is 23.6. The third kappa shape index (κ3) is 4.84. The van der Waals surface area contributed by atoms with Crippen molar-refractivity contribution in [3.63, 3.8) is 0 Å². The van der Waals surface area contributed by atoms with Crippen molar-refractivity contribution in [1.82, 2.24) is 0 Å². The van der Waals surface area contributed by atoms with E-state index in [1.807, 2.05) is 0 Å². The van der Waals surface area contributed by atoms with Crippen LogP contribution in [0, 0.1) is 0 Å². The number of ether oxygens (including phenoxy) is 1. The van der Waals surface area contributed by atoms with Gasteiger partial charge in [0.05, 0.1) is 17.9 Å². The maximum absolute atomic E-state index is 11.9. The number of carbonyl (C=O) groups is 2. The molecule has 0 aliphatic heterocycles. The van der Waals surface area contributed by atoms with Gasteiger partial charge in [0.1, 0.15) is 3.74 Å². The smallest absolute Gasteiger partial charge is 0.340 e. The number of hydrogen-bond donors (Lipinski definition) is 1. The van der Waals surface area contributed by atoms with E-state index in [1.54, 1.807) is 19.1 Å². The highest BCUT2D eigenvalue weighted by atomic mass is 79.9. The molecule has 0 aliphatic carbocycles. The molecule has 0 atom stereocenters. The van der Waals surface area contributed by atoms with Crippen LogP contribution in [0.25, 0.3) is 0 Å². The number of alkyl halides is 2. The van der Waals surface area contributed by atoms with Gasteiger partial charge >= 0.3 is 5.97 Å². The molecule has 0 aliphatic rings. The lowest BCUT2D eigenvalue weighted by molar-refractivity contribution is -0.114. The topological polar surface area (TPSA) is 55.4 Å². The average molecular weight is 523 g/mol. The first-order valence-electron chi connectivity index (χ1n) is 5.12. The summed E-state index contributed by atoms with van der Waals surface area (Å²) < 4.78 is 5.70. The van der Waals surface area contributed by atoms with E-state index in [9.17, 15) is 9.59 Å². The van der Waals surface area contributed by atoms with Crippen LogP contribution >= 0.6 is 63.7 Å². The summed E-state index contributed by atoms with van der Waals surface area (Å²) >= 11 is 12.8. The van der Waals surface area contributed by atoms with Gasteiger partial charge in [-0.25, -0.2) is 4.79 Å². The highest BCUT2D eigenvalue weighted by molar-refractivity contribution is 9.25. The zero-order valence-corrected chi connectivity index (χ0v) is 16.0. The Hall–Kier alpha value is 0.0800. The minimum absolute atomic E-state index is 0.260. The van der Waals surface area contributed by atoms with Gasteiger partial charge < -0.3 is 10.1 Å². The summed E-state index contributed by atoms with van der Waals surface area (Å²) in [7, 11) is 0. The Morgan fingerprint density at radius 2 is 1.95 bits per heavy atom. The largest absolute Gasteiger partial charge is 0.462 e. The van der Waals surface area contributed by atoms with Crippen LogP contribution in [0.3, 0.4) is 0 Å². The predicted molar refractivity (Wildman–Crippen MR) is 88.1 cm³/mol. The van der Waals surface area contributed by atoms with Gasteiger partial charge in [-0.1, -0.05) is 47.8 Å². The Morgan fingerprint density at radius 1 is 1.32 bits per heavy atom. The third-order valence-electron chi connectivity index (χ3n) is 2.00. The van der Waals surface area contributed by atoms with Crippen molar-refractivity contribution < 1.29 is 14.3 Å². The molecule has 0 heterocycles. The molecule has 4 nitrogen and oxygen atoms in total. The van der Waals surface area contributed by atoms with Crippen LogP contribution in [-0.4, -0.2) is 22.2 Å². The van der Waals surface area contributed by atoms with E-state index in [2.05, 4.69) is 69.0 Å². The molecule has 0 radical (unpaired) electrons. The number of nitrogens with one attached hydrogen (secondary N) is 1. The van der Waals surface area contributed by atoms with E-state index in [0.29, 0.717) is 14.6 Å². The van der Waals surface area contributed by atoms with Crippen molar-refractivity contribution in [3.05, 3.63) is 26.6 Å². The van der Waals surface area contributed by atoms with Crippen LogP contribution in [0.1, 0.15) is 17.3 Å². The highest BCUT2D eigenvalue weighted by Gasteiger charge is 2.20. The van der Waals surface area contributed by atoms with Crippen molar-refractivity contribution in [2.24, 2.45) is 0 Å². The number of halogens is 4. The van der Waals surface area contributed by atoms with Gasteiger partial charge in [0, 0.05) is 8.95 Å². The molecule has 1 rings (SSSR count). The summed E-state index contributed by atoms with van der Waals surface area (Å²) in [5.74, 6) is -0.825. The van der Waals surface area contributed by atoms with Crippen LogP contribution in [0.4, 0.5) is 5.69 Å². The van der Waals surface area contributed by atoms with Gasteiger partial charge in [0.2, 0.25) is 5.91 Å². The average Bonchev–Trinajstić information content (AvgIpc) is 2.32. The lowest BCUT2D eigenvalue weighted by Crippen LogP contribution is -2.20. The molecule has 19 heavy (non-hydrogen) atoms. The molecule has 0 fully saturated rings. The van der Waals surface area contributed by atoms with E-state index in [4.69, 9.17) is 4.74 Å². The van der Waals surface area contributed by atoms with Crippen LogP contribution < -0.4 is 5.32 Å². The first-order chi connectivity index (χ1) is 8.86. The Kier molecular flexibility index (Phi) is 6.99. The summed E-state index contributed by atoms with van der Waals surface area (Å²) in [5.41, 5.74) is 0.646. The molecular formula is C11H9Br4NO3. The first-order valence-corrected chi connectivity index (χ1v) is 8.53. The van der Waals surface area contributed by atoms with Crippen molar-refractivity contribution in [2.45, 2.75) is 10.7 Å². The first kappa shape index (κ1) is 17.1. The van der Waals surface area contributed by atoms with Crippen LogP contribution in [0.5, 0.6) is 0 Å².